The van der Waals surface area contributed by atoms with E-state index in [1.807, 2.05) is 38.1 Å². The molecule has 0 unspecified atom stereocenters. The largest absolute Gasteiger partial charge is 0.497 e. The summed E-state index contributed by atoms with van der Waals surface area (Å²) in [5, 5.41) is 50.1. The number of nitrogens with one attached hydrogen (secondary N) is 1. The Kier molecular flexibility index (Phi) is 18.0. The summed E-state index contributed by atoms with van der Waals surface area (Å²) in [5.41, 5.74) is -4.22. The number of aliphatic hydroxyl groups is 4. The lowest BCUT2D eigenvalue weighted by molar-refractivity contribution is -0.317. The van der Waals surface area contributed by atoms with E-state index in [0.717, 1.165) is 5.56 Å². The molecule has 3 aliphatic heterocycles. The average molecular weight is 897 g/mol. The first-order valence-electron chi connectivity index (χ1n) is 22.3. The van der Waals surface area contributed by atoms with Crippen LogP contribution in [0.2, 0.25) is 0 Å². The molecule has 17 heteroatoms. The Labute approximate surface area is 373 Å². The summed E-state index contributed by atoms with van der Waals surface area (Å²) in [4.78, 5) is 43.4. The maximum Gasteiger partial charge on any atom is 0.407 e. The number of benzene rings is 1. The summed E-state index contributed by atoms with van der Waals surface area (Å²) in [6.07, 6.45) is -11.0. The first-order valence-corrected chi connectivity index (χ1v) is 22.3. The fourth-order valence-electron chi connectivity index (χ4n) is 9.69. The Hall–Kier alpha value is -2.97. The van der Waals surface area contributed by atoms with E-state index in [4.69, 9.17) is 37.9 Å². The molecule has 1 aromatic rings. The third-order valence-corrected chi connectivity index (χ3v) is 13.6. The van der Waals surface area contributed by atoms with Crippen molar-refractivity contribution in [3.05, 3.63) is 29.8 Å². The second-order valence-corrected chi connectivity index (χ2v) is 19.1. The summed E-state index contributed by atoms with van der Waals surface area (Å²) in [7, 11) is 6.74. The van der Waals surface area contributed by atoms with Gasteiger partial charge >= 0.3 is 12.1 Å². The van der Waals surface area contributed by atoms with Crippen molar-refractivity contribution < 1.29 is 72.7 Å². The first-order chi connectivity index (χ1) is 29.3. The third kappa shape index (κ3) is 12.3. The van der Waals surface area contributed by atoms with Crippen molar-refractivity contribution in [2.24, 2.45) is 23.7 Å². The molecule has 0 radical (unpaired) electrons. The normalized spacial score (nSPS) is 42.2. The van der Waals surface area contributed by atoms with Gasteiger partial charge in [0.1, 0.15) is 34.9 Å². The van der Waals surface area contributed by atoms with E-state index in [1.165, 1.54) is 27.9 Å². The third-order valence-electron chi connectivity index (χ3n) is 13.6. The molecule has 17 nitrogen and oxygen atoms in total. The van der Waals surface area contributed by atoms with Gasteiger partial charge in [-0.15, -0.1) is 0 Å². The lowest BCUT2D eigenvalue weighted by Gasteiger charge is -2.49. The molecule has 1 amide bonds. The number of esters is 1. The highest BCUT2D eigenvalue weighted by Gasteiger charge is 2.54. The topological polar surface area (TPSA) is 221 Å². The number of ether oxygens (including phenoxy) is 8. The summed E-state index contributed by atoms with van der Waals surface area (Å²) in [6.45, 7) is 16.5. The van der Waals surface area contributed by atoms with Gasteiger partial charge < -0.3 is 68.5 Å². The van der Waals surface area contributed by atoms with E-state index < -0.39 is 114 Å². The van der Waals surface area contributed by atoms with Crippen LogP contribution in [0.3, 0.4) is 0 Å². The van der Waals surface area contributed by atoms with Gasteiger partial charge in [0.2, 0.25) is 0 Å². The van der Waals surface area contributed by atoms with Crippen molar-refractivity contribution >= 4 is 17.8 Å². The molecule has 4 rings (SSSR count). The Morgan fingerprint density at radius 3 is 2.11 bits per heavy atom. The number of ketones is 1. The van der Waals surface area contributed by atoms with Gasteiger partial charge in [-0.25, -0.2) is 4.79 Å². The van der Waals surface area contributed by atoms with Crippen LogP contribution in [-0.4, -0.2) is 156 Å². The minimum absolute atomic E-state index is 0.0194. The monoisotopic (exact) mass is 897 g/mol. The number of rotatable bonds is 11. The van der Waals surface area contributed by atoms with Crippen LogP contribution in [0, 0.1) is 23.7 Å². The number of likely N-dealkylation sites (N-methyl/N-ethyl adjacent to an activating group) is 1. The highest BCUT2D eigenvalue weighted by molar-refractivity contribution is 5.83. The molecule has 5 N–H and O–H groups in total. The van der Waals surface area contributed by atoms with E-state index in [1.54, 1.807) is 60.8 Å². The van der Waals surface area contributed by atoms with E-state index in [2.05, 4.69) is 5.32 Å². The van der Waals surface area contributed by atoms with Gasteiger partial charge in [-0.05, 0) is 92.6 Å². The number of carbonyl (C=O) groups excluding carboxylic acids is 3. The molecule has 3 saturated heterocycles. The van der Waals surface area contributed by atoms with Crippen LogP contribution in [0.4, 0.5) is 4.79 Å². The van der Waals surface area contributed by atoms with Crippen LogP contribution in [0.25, 0.3) is 0 Å². The Balaban J connectivity index is 1.72. The zero-order valence-electron chi connectivity index (χ0n) is 39.7. The van der Waals surface area contributed by atoms with Crippen molar-refractivity contribution in [1.82, 2.24) is 10.2 Å². The zero-order chi connectivity index (χ0) is 47.4. The molecule has 0 aromatic heterocycles. The second kappa shape index (κ2) is 21.6. The number of hydrogen-bond donors (Lipinski definition) is 5. The SMILES string of the molecule is CC[C@H]1OC(=O)[C@H](C)[C@@H](O[C@H]2C[C@@](C)(OC)[C@@H](OC(=O)NCc3ccc(OC)cc3)[C@H](C)O2)[C@H](C)[C@@H](O[C@@H]2O[C@H](C)C[C@H](N(C)C)[C@H]2O)[C@@](C)(O)C[C@@H](C)C(=O)[C@H](C)[C@@H](O)[C@]1(C)O. The fourth-order valence-corrected chi connectivity index (χ4v) is 9.69. The molecule has 1 aromatic carbocycles. The van der Waals surface area contributed by atoms with Crippen LogP contribution < -0.4 is 10.1 Å². The number of nitrogens with zero attached hydrogens (tertiary/aromatic N) is 1. The maximum atomic E-state index is 14.4. The Morgan fingerprint density at radius 2 is 1.54 bits per heavy atom. The number of aliphatic hydroxyl groups excluding tert-OH is 2. The molecule has 360 valence electrons. The van der Waals surface area contributed by atoms with E-state index >= 15 is 0 Å². The molecular weight excluding hydrogens is 821 g/mol. The van der Waals surface area contributed by atoms with Gasteiger partial charge in [-0.2, -0.15) is 0 Å². The number of amides is 1. The van der Waals surface area contributed by atoms with Crippen LogP contribution >= 0.6 is 0 Å². The number of cyclic esters (lactones) is 1. The summed E-state index contributed by atoms with van der Waals surface area (Å²) >= 11 is 0. The first kappa shape index (κ1) is 52.7. The van der Waals surface area contributed by atoms with Crippen molar-refractivity contribution in [3.8, 4) is 5.75 Å². The molecule has 3 aliphatic rings. The fraction of sp³-hybridized carbons (Fsp3) is 0.804. The van der Waals surface area contributed by atoms with Crippen LogP contribution in [0.1, 0.15) is 100 Å². The highest BCUT2D eigenvalue weighted by Crippen LogP contribution is 2.41. The summed E-state index contributed by atoms with van der Waals surface area (Å²) < 4.78 is 49.2. The van der Waals surface area contributed by atoms with Crippen LogP contribution in [0.15, 0.2) is 24.3 Å². The van der Waals surface area contributed by atoms with Gasteiger partial charge in [0.25, 0.3) is 0 Å². The summed E-state index contributed by atoms with van der Waals surface area (Å²) in [5.74, 6) is -4.54. The molecule has 3 heterocycles. The van der Waals surface area contributed by atoms with Gasteiger partial charge in [-0.1, -0.05) is 39.8 Å². The quantitative estimate of drug-likeness (QED) is 0.200. The van der Waals surface area contributed by atoms with Gasteiger partial charge in [0.15, 0.2) is 18.7 Å². The predicted molar refractivity (Wildman–Crippen MR) is 230 cm³/mol. The predicted octanol–water partition coefficient (Wildman–Crippen LogP) is 3.73. The molecule has 3 fully saturated rings. The molecule has 0 aliphatic carbocycles. The maximum absolute atomic E-state index is 14.4. The van der Waals surface area contributed by atoms with Crippen molar-refractivity contribution in [1.29, 1.82) is 0 Å². The number of alkyl carbamates (subject to hydrolysis) is 1. The lowest BCUT2D eigenvalue weighted by Crippen LogP contribution is -2.61. The van der Waals surface area contributed by atoms with Gasteiger partial charge in [0, 0.05) is 43.9 Å². The van der Waals surface area contributed by atoms with Crippen LogP contribution in [0.5, 0.6) is 5.75 Å². The number of Topliss-reactive ketones (excluding diaryl/α,β-unsaturated/α-hetero) is 1. The van der Waals surface area contributed by atoms with Crippen molar-refractivity contribution in [2.45, 2.75) is 186 Å². The Bertz CT molecular complexity index is 1660. The number of methoxy groups -OCH3 is 2. The lowest BCUT2D eigenvalue weighted by atomic mass is 9.74. The van der Waals surface area contributed by atoms with E-state index in [-0.39, 0.29) is 38.0 Å². The number of hydrogen-bond acceptors (Lipinski definition) is 16. The zero-order valence-corrected chi connectivity index (χ0v) is 39.7. The number of carbonyl (C=O) groups is 3. The minimum Gasteiger partial charge on any atom is -0.497 e. The highest BCUT2D eigenvalue weighted by atomic mass is 16.7. The second-order valence-electron chi connectivity index (χ2n) is 19.1. The van der Waals surface area contributed by atoms with E-state index in [9.17, 15) is 34.8 Å². The summed E-state index contributed by atoms with van der Waals surface area (Å²) in [6, 6.07) is 6.86. The molecule has 18 atom stereocenters. The molecule has 63 heavy (non-hydrogen) atoms. The van der Waals surface area contributed by atoms with Crippen molar-refractivity contribution in [2.75, 3.05) is 28.3 Å². The van der Waals surface area contributed by atoms with Crippen molar-refractivity contribution in [3.63, 3.8) is 0 Å². The minimum atomic E-state index is -2.04. The average Bonchev–Trinajstić information content (AvgIpc) is 3.23. The standard InChI is InChI=1S/C46H76N2O15/c1-15-33-46(10,55)38(51)26(4)35(49)24(2)21-44(8,54)39(62-42-36(50)32(48(11)12)20-25(3)58-42)27(5)37(28(6)41(52)60-33)61-34-22-45(9,57-14)40(29(7)59-34)63-43(53)47-23-30-16-18-31(56-13)19-17-30/h16-19,24-29,32-34,36-40,42,50-51,54-55H,15,20-23H2,1-14H3,(H,47,53)/t24-,25-,26+,27+,28-,29+,32+,33-,34+,36-,37+,38-,39-,40+,42+,44+,45-,46-/m1/s1. The molecular formula is C46H76N2O15. The molecule has 0 spiro atoms. The molecule has 0 saturated carbocycles. The molecule has 0 bridgehead atoms. The van der Waals surface area contributed by atoms with Gasteiger partial charge in [0.05, 0.1) is 49.1 Å². The van der Waals surface area contributed by atoms with E-state index in [0.29, 0.717) is 12.2 Å². The van der Waals surface area contributed by atoms with Crippen LogP contribution in [-0.2, 0) is 49.3 Å². The van der Waals surface area contributed by atoms with Gasteiger partial charge in [-0.3, -0.25) is 9.59 Å². The smallest absolute Gasteiger partial charge is 0.407 e. The Morgan fingerprint density at radius 1 is 0.905 bits per heavy atom.